The lowest BCUT2D eigenvalue weighted by atomic mass is 10.2. The van der Waals surface area contributed by atoms with E-state index in [1.54, 1.807) is 19.1 Å². The molecule has 2 aromatic carbocycles. The van der Waals surface area contributed by atoms with Gasteiger partial charge >= 0.3 is 5.97 Å². The largest absolute Gasteiger partial charge is 0.483 e. The summed E-state index contributed by atoms with van der Waals surface area (Å²) in [5, 5.41) is 0. The van der Waals surface area contributed by atoms with Gasteiger partial charge in [0, 0.05) is 0 Å². The molecule has 0 heterocycles. The maximum atomic E-state index is 14.0. The third kappa shape index (κ3) is 5.31. The Morgan fingerprint density at radius 2 is 1.67 bits per heavy atom. The van der Waals surface area contributed by atoms with Gasteiger partial charge in [0.25, 0.3) is 0 Å². The Hall–Kier alpha value is -2.47. The smallest absolute Gasteiger partial charge is 0.332 e. The molecular formula is C18H18F2O4. The van der Waals surface area contributed by atoms with E-state index in [1.165, 1.54) is 0 Å². The van der Waals surface area contributed by atoms with Crippen LogP contribution in [0.2, 0.25) is 0 Å². The monoisotopic (exact) mass is 336 g/mol. The number of esters is 1. The van der Waals surface area contributed by atoms with E-state index < -0.39 is 23.4 Å². The van der Waals surface area contributed by atoms with Gasteiger partial charge in [-0.1, -0.05) is 30.3 Å². The molecule has 128 valence electrons. The minimum absolute atomic E-state index is 0.0629. The first kappa shape index (κ1) is 17.9. The van der Waals surface area contributed by atoms with Crippen LogP contribution >= 0.6 is 0 Å². The zero-order valence-corrected chi connectivity index (χ0v) is 13.3. The number of hydrogen-bond donors (Lipinski definition) is 0. The number of carbonyl (C=O) groups excluding carboxylic acids is 1. The molecule has 0 N–H and O–H groups in total. The van der Waals surface area contributed by atoms with Crippen LogP contribution in [-0.2, 0) is 27.5 Å². The lowest BCUT2D eigenvalue weighted by Gasteiger charge is -2.10. The Labute approximate surface area is 139 Å². The van der Waals surface area contributed by atoms with Gasteiger partial charge in [-0.15, -0.1) is 0 Å². The summed E-state index contributed by atoms with van der Waals surface area (Å²) in [5.74, 6) is -2.60. The van der Waals surface area contributed by atoms with Crippen molar-refractivity contribution in [1.82, 2.24) is 0 Å². The molecule has 0 saturated heterocycles. The van der Waals surface area contributed by atoms with Crippen molar-refractivity contribution in [2.75, 3.05) is 13.2 Å². The molecule has 6 heteroatoms. The van der Waals surface area contributed by atoms with E-state index in [0.29, 0.717) is 0 Å². The van der Waals surface area contributed by atoms with Gasteiger partial charge in [-0.05, 0) is 30.2 Å². The van der Waals surface area contributed by atoms with E-state index >= 15 is 0 Å². The molecule has 0 amide bonds. The molecule has 0 fully saturated rings. The van der Waals surface area contributed by atoms with Crippen LogP contribution in [0, 0.1) is 11.6 Å². The molecule has 0 atom stereocenters. The molecule has 24 heavy (non-hydrogen) atoms. The number of carbonyl (C=O) groups is 1. The minimum atomic E-state index is -0.819. The highest BCUT2D eigenvalue weighted by Crippen LogP contribution is 2.24. The Bertz CT molecular complexity index is 651. The van der Waals surface area contributed by atoms with E-state index in [2.05, 4.69) is 4.74 Å². The molecule has 0 aliphatic rings. The SMILES string of the molecule is CCOC(=O)COCc1cc(F)c(OCc2ccccc2)c(F)c1. The third-order valence-electron chi connectivity index (χ3n) is 3.08. The van der Waals surface area contributed by atoms with E-state index in [-0.39, 0.29) is 32.0 Å². The first-order chi connectivity index (χ1) is 11.6. The maximum Gasteiger partial charge on any atom is 0.332 e. The predicted octanol–water partition coefficient (Wildman–Crippen LogP) is 3.62. The molecule has 0 spiro atoms. The Morgan fingerprint density at radius 1 is 1.00 bits per heavy atom. The first-order valence-electron chi connectivity index (χ1n) is 7.48. The van der Waals surface area contributed by atoms with Gasteiger partial charge in [0.15, 0.2) is 17.4 Å². The summed E-state index contributed by atoms with van der Waals surface area (Å²) < 4.78 is 43.0. The lowest BCUT2D eigenvalue weighted by Crippen LogP contribution is -2.12. The van der Waals surface area contributed by atoms with Crippen molar-refractivity contribution in [3.8, 4) is 5.75 Å². The van der Waals surface area contributed by atoms with Crippen LogP contribution in [0.5, 0.6) is 5.75 Å². The van der Waals surface area contributed by atoms with Crippen LogP contribution in [0.25, 0.3) is 0 Å². The summed E-state index contributed by atoms with van der Waals surface area (Å²) in [6.07, 6.45) is 0. The molecule has 0 bridgehead atoms. The summed E-state index contributed by atoms with van der Waals surface area (Å²) in [4.78, 5) is 11.1. The highest BCUT2D eigenvalue weighted by molar-refractivity contribution is 5.70. The highest BCUT2D eigenvalue weighted by atomic mass is 19.1. The standard InChI is InChI=1S/C18H18F2O4/c1-2-23-17(21)12-22-10-14-8-15(19)18(16(20)9-14)24-11-13-6-4-3-5-7-13/h3-9H,2,10-12H2,1H3. The summed E-state index contributed by atoms with van der Waals surface area (Å²) in [6, 6.07) is 11.3. The summed E-state index contributed by atoms with van der Waals surface area (Å²) >= 11 is 0. The van der Waals surface area contributed by atoms with Gasteiger partial charge in [-0.25, -0.2) is 13.6 Å². The molecule has 0 aromatic heterocycles. The fraction of sp³-hybridized carbons (Fsp3) is 0.278. The topological polar surface area (TPSA) is 44.8 Å². The van der Waals surface area contributed by atoms with Gasteiger partial charge in [0.2, 0.25) is 0 Å². The second-order valence-electron chi connectivity index (χ2n) is 4.96. The molecule has 4 nitrogen and oxygen atoms in total. The summed E-state index contributed by atoms with van der Waals surface area (Å²) in [7, 11) is 0. The molecule has 0 radical (unpaired) electrons. The highest BCUT2D eigenvalue weighted by Gasteiger charge is 2.13. The average Bonchev–Trinajstić information content (AvgIpc) is 2.55. The normalized spacial score (nSPS) is 10.5. The van der Waals surface area contributed by atoms with Crippen molar-refractivity contribution >= 4 is 5.97 Å². The Kier molecular flexibility index (Phi) is 6.69. The molecule has 0 unspecified atom stereocenters. The van der Waals surface area contributed by atoms with E-state index in [1.807, 2.05) is 18.2 Å². The van der Waals surface area contributed by atoms with Crippen LogP contribution < -0.4 is 4.74 Å². The zero-order chi connectivity index (χ0) is 17.4. The van der Waals surface area contributed by atoms with E-state index in [9.17, 15) is 13.6 Å². The molecule has 0 aliphatic carbocycles. The average molecular weight is 336 g/mol. The van der Waals surface area contributed by atoms with Gasteiger partial charge in [0.05, 0.1) is 13.2 Å². The first-order valence-corrected chi connectivity index (χ1v) is 7.48. The Morgan fingerprint density at radius 3 is 2.29 bits per heavy atom. The number of ether oxygens (including phenoxy) is 3. The van der Waals surface area contributed by atoms with Gasteiger partial charge < -0.3 is 14.2 Å². The van der Waals surface area contributed by atoms with Crippen LogP contribution in [-0.4, -0.2) is 19.2 Å². The molecule has 2 rings (SSSR count). The van der Waals surface area contributed by atoms with Crippen LogP contribution in [0.15, 0.2) is 42.5 Å². The molecule has 0 aliphatic heterocycles. The van der Waals surface area contributed by atoms with Crippen LogP contribution in [0.3, 0.4) is 0 Å². The van der Waals surface area contributed by atoms with Crippen molar-refractivity contribution < 1.29 is 27.8 Å². The molecule has 2 aromatic rings. The number of halogens is 2. The van der Waals surface area contributed by atoms with Gasteiger partial charge in [0.1, 0.15) is 13.2 Å². The lowest BCUT2D eigenvalue weighted by molar-refractivity contribution is -0.148. The number of benzene rings is 2. The number of rotatable bonds is 8. The summed E-state index contributed by atoms with van der Waals surface area (Å²) in [6.45, 7) is 1.61. The van der Waals surface area contributed by atoms with Crippen molar-refractivity contribution in [2.45, 2.75) is 20.1 Å². The molecule has 0 saturated carbocycles. The zero-order valence-electron chi connectivity index (χ0n) is 13.3. The molecular weight excluding hydrogens is 318 g/mol. The van der Waals surface area contributed by atoms with Gasteiger partial charge in [-0.3, -0.25) is 0 Å². The van der Waals surface area contributed by atoms with E-state index in [0.717, 1.165) is 17.7 Å². The van der Waals surface area contributed by atoms with Gasteiger partial charge in [-0.2, -0.15) is 0 Å². The number of hydrogen-bond acceptors (Lipinski definition) is 4. The predicted molar refractivity (Wildman–Crippen MR) is 83.4 cm³/mol. The Balaban J connectivity index is 1.94. The second kappa shape index (κ2) is 8.98. The van der Waals surface area contributed by atoms with Crippen molar-refractivity contribution in [1.29, 1.82) is 0 Å². The third-order valence-corrected chi connectivity index (χ3v) is 3.08. The quantitative estimate of drug-likeness (QED) is 0.691. The maximum absolute atomic E-state index is 14.0. The minimum Gasteiger partial charge on any atom is -0.483 e. The van der Waals surface area contributed by atoms with Crippen LogP contribution in [0.4, 0.5) is 8.78 Å². The second-order valence-corrected chi connectivity index (χ2v) is 4.96. The van der Waals surface area contributed by atoms with Crippen molar-refractivity contribution in [3.05, 3.63) is 65.2 Å². The summed E-state index contributed by atoms with van der Waals surface area (Å²) in [5.41, 5.74) is 1.07. The fourth-order valence-corrected chi connectivity index (χ4v) is 2.02. The fourth-order valence-electron chi connectivity index (χ4n) is 2.02. The van der Waals surface area contributed by atoms with Crippen molar-refractivity contribution in [3.63, 3.8) is 0 Å². The van der Waals surface area contributed by atoms with Crippen molar-refractivity contribution in [2.24, 2.45) is 0 Å². The van der Waals surface area contributed by atoms with Crippen LogP contribution in [0.1, 0.15) is 18.1 Å². The van der Waals surface area contributed by atoms with E-state index in [4.69, 9.17) is 9.47 Å².